The van der Waals surface area contributed by atoms with Crippen molar-refractivity contribution in [1.82, 2.24) is 19.8 Å². The van der Waals surface area contributed by atoms with Crippen molar-refractivity contribution in [1.29, 1.82) is 5.26 Å². The van der Waals surface area contributed by atoms with Gasteiger partial charge in [0.1, 0.15) is 11.4 Å². The Balaban J connectivity index is 2.01. The molecule has 1 aliphatic rings. The summed E-state index contributed by atoms with van der Waals surface area (Å²) in [7, 11) is 4.05. The topological polar surface area (TPSA) is 56.9 Å². The number of imidazole rings is 1. The molecule has 0 spiro atoms. The molecule has 5 nitrogen and oxygen atoms in total. The van der Waals surface area contributed by atoms with Gasteiger partial charge in [-0.2, -0.15) is 5.26 Å². The fraction of sp³-hybridized carbons (Fsp3) is 0.714. The average molecular weight is 261 g/mol. The van der Waals surface area contributed by atoms with Gasteiger partial charge in [-0.15, -0.1) is 0 Å². The highest BCUT2D eigenvalue weighted by atomic mass is 15.2. The van der Waals surface area contributed by atoms with Crippen LogP contribution < -0.4 is 5.32 Å². The van der Waals surface area contributed by atoms with Crippen LogP contribution in [0.25, 0.3) is 0 Å². The van der Waals surface area contributed by atoms with E-state index in [1.165, 1.54) is 0 Å². The molecule has 19 heavy (non-hydrogen) atoms. The van der Waals surface area contributed by atoms with Gasteiger partial charge in [0.2, 0.25) is 0 Å². The first-order valence-electron chi connectivity index (χ1n) is 6.92. The molecule has 0 saturated heterocycles. The minimum absolute atomic E-state index is 0.394. The maximum atomic E-state index is 9.59. The van der Waals surface area contributed by atoms with Crippen LogP contribution in [-0.2, 0) is 13.6 Å². The number of nitrogens with zero attached hydrogens (tertiary/aromatic N) is 4. The molecule has 1 N–H and O–H groups in total. The molecule has 1 heterocycles. The van der Waals surface area contributed by atoms with Gasteiger partial charge in [-0.3, -0.25) is 10.2 Å². The van der Waals surface area contributed by atoms with Gasteiger partial charge < -0.3 is 4.57 Å². The van der Waals surface area contributed by atoms with Crippen LogP contribution in [0, 0.1) is 17.2 Å². The van der Waals surface area contributed by atoms with Crippen LogP contribution in [0.2, 0.25) is 0 Å². The first-order chi connectivity index (χ1) is 9.11. The first kappa shape index (κ1) is 14.0. The van der Waals surface area contributed by atoms with Crippen molar-refractivity contribution in [2.75, 3.05) is 20.1 Å². The summed E-state index contributed by atoms with van der Waals surface area (Å²) in [5.41, 5.74) is -0.394. The number of aryl methyl sites for hydroxylation is 1. The number of nitrogens with one attached hydrogen (secondary N) is 1. The van der Waals surface area contributed by atoms with E-state index in [1.807, 2.05) is 24.0 Å². The predicted molar refractivity (Wildman–Crippen MR) is 74.3 cm³/mol. The van der Waals surface area contributed by atoms with Gasteiger partial charge in [-0.05, 0) is 32.4 Å². The largest absolute Gasteiger partial charge is 0.337 e. The fourth-order valence-corrected chi connectivity index (χ4v) is 2.66. The average Bonchev–Trinajstić information content (AvgIpc) is 3.16. The van der Waals surface area contributed by atoms with Crippen LogP contribution in [0.3, 0.4) is 0 Å². The van der Waals surface area contributed by atoms with E-state index in [0.717, 1.165) is 38.3 Å². The molecule has 0 aliphatic heterocycles. The molecule has 0 bridgehead atoms. The quantitative estimate of drug-likeness (QED) is 0.799. The monoisotopic (exact) mass is 261 g/mol. The maximum absolute atomic E-state index is 9.59. The molecule has 5 heteroatoms. The molecule has 1 aromatic rings. The molecular formula is C14H23N5. The lowest BCUT2D eigenvalue weighted by atomic mass is 9.94. The van der Waals surface area contributed by atoms with Gasteiger partial charge in [-0.25, -0.2) is 4.98 Å². The van der Waals surface area contributed by atoms with Crippen LogP contribution in [0.5, 0.6) is 0 Å². The molecule has 1 aliphatic carbocycles. The van der Waals surface area contributed by atoms with E-state index in [2.05, 4.69) is 35.2 Å². The van der Waals surface area contributed by atoms with E-state index in [-0.39, 0.29) is 0 Å². The maximum Gasteiger partial charge on any atom is 0.122 e. The van der Waals surface area contributed by atoms with Crippen molar-refractivity contribution in [2.24, 2.45) is 13.0 Å². The molecule has 1 atom stereocenters. The second kappa shape index (κ2) is 5.72. The van der Waals surface area contributed by atoms with Crippen LogP contribution in [0.4, 0.5) is 0 Å². The van der Waals surface area contributed by atoms with Crippen molar-refractivity contribution in [3.05, 3.63) is 18.2 Å². The third kappa shape index (κ3) is 3.14. The van der Waals surface area contributed by atoms with Crippen LogP contribution in [-0.4, -0.2) is 40.1 Å². The summed E-state index contributed by atoms with van der Waals surface area (Å²) in [5, 5.41) is 13.0. The number of hydrogen-bond acceptors (Lipinski definition) is 4. The van der Waals surface area contributed by atoms with Crippen molar-refractivity contribution >= 4 is 0 Å². The number of aromatic nitrogens is 2. The summed E-state index contributed by atoms with van der Waals surface area (Å²) < 4.78 is 2.02. The Morgan fingerprint density at radius 1 is 1.63 bits per heavy atom. The van der Waals surface area contributed by atoms with Gasteiger partial charge in [0.15, 0.2) is 0 Å². The van der Waals surface area contributed by atoms with E-state index < -0.39 is 5.54 Å². The zero-order valence-corrected chi connectivity index (χ0v) is 12.1. The standard InChI is InChI=1S/C14H23N5/c1-4-17-14(10-15,12-5-6-12)11-18(2)9-13-16-7-8-19(13)3/h7-8,12,17H,4-6,9,11H2,1-3H3. The summed E-state index contributed by atoms with van der Waals surface area (Å²) in [6, 6.07) is 2.52. The summed E-state index contributed by atoms with van der Waals surface area (Å²) >= 11 is 0. The Morgan fingerprint density at radius 3 is 2.84 bits per heavy atom. The summed E-state index contributed by atoms with van der Waals surface area (Å²) in [5.74, 6) is 1.53. The van der Waals surface area contributed by atoms with E-state index in [4.69, 9.17) is 0 Å². The molecule has 1 unspecified atom stereocenters. The number of likely N-dealkylation sites (N-methyl/N-ethyl adjacent to an activating group) is 2. The molecule has 0 amide bonds. The molecule has 1 fully saturated rings. The van der Waals surface area contributed by atoms with Crippen molar-refractivity contribution in [3.63, 3.8) is 0 Å². The normalized spacial score (nSPS) is 18.3. The molecule has 0 radical (unpaired) electrons. The Hall–Kier alpha value is -1.38. The Kier molecular flexibility index (Phi) is 4.23. The van der Waals surface area contributed by atoms with Crippen molar-refractivity contribution in [2.45, 2.75) is 31.8 Å². The van der Waals surface area contributed by atoms with Crippen LogP contribution >= 0.6 is 0 Å². The fourth-order valence-electron chi connectivity index (χ4n) is 2.66. The van der Waals surface area contributed by atoms with E-state index in [0.29, 0.717) is 5.92 Å². The predicted octanol–water partition coefficient (Wildman–Crippen LogP) is 1.13. The zero-order valence-electron chi connectivity index (χ0n) is 12.1. The Labute approximate surface area is 115 Å². The molecule has 104 valence electrons. The van der Waals surface area contributed by atoms with Crippen LogP contribution in [0.15, 0.2) is 12.4 Å². The van der Waals surface area contributed by atoms with E-state index in [9.17, 15) is 5.26 Å². The van der Waals surface area contributed by atoms with E-state index in [1.54, 1.807) is 0 Å². The second-order valence-electron chi connectivity index (χ2n) is 5.51. The number of nitriles is 1. The third-order valence-corrected chi connectivity index (χ3v) is 3.82. The minimum Gasteiger partial charge on any atom is -0.337 e. The number of rotatable bonds is 7. The lowest BCUT2D eigenvalue weighted by molar-refractivity contribution is 0.219. The second-order valence-corrected chi connectivity index (χ2v) is 5.51. The summed E-state index contributed by atoms with van der Waals surface area (Å²) in [6.07, 6.45) is 6.09. The van der Waals surface area contributed by atoms with Crippen molar-refractivity contribution < 1.29 is 0 Å². The lowest BCUT2D eigenvalue weighted by Gasteiger charge is -2.32. The summed E-state index contributed by atoms with van der Waals surface area (Å²) in [4.78, 5) is 6.52. The third-order valence-electron chi connectivity index (χ3n) is 3.82. The van der Waals surface area contributed by atoms with E-state index >= 15 is 0 Å². The highest BCUT2D eigenvalue weighted by molar-refractivity contribution is 5.16. The highest BCUT2D eigenvalue weighted by Crippen LogP contribution is 2.39. The molecular weight excluding hydrogens is 238 g/mol. The van der Waals surface area contributed by atoms with Crippen LogP contribution in [0.1, 0.15) is 25.6 Å². The van der Waals surface area contributed by atoms with Crippen molar-refractivity contribution in [3.8, 4) is 6.07 Å². The molecule has 1 saturated carbocycles. The number of hydrogen-bond donors (Lipinski definition) is 1. The zero-order chi connectivity index (χ0) is 13.9. The SMILES string of the molecule is CCNC(C#N)(CN(C)Cc1nccn1C)C1CC1. The molecule has 1 aromatic heterocycles. The van der Waals surface area contributed by atoms with Gasteiger partial charge in [0.25, 0.3) is 0 Å². The smallest absolute Gasteiger partial charge is 0.122 e. The molecule has 0 aromatic carbocycles. The lowest BCUT2D eigenvalue weighted by Crippen LogP contribution is -2.53. The van der Waals surface area contributed by atoms with Gasteiger partial charge >= 0.3 is 0 Å². The summed E-state index contributed by atoms with van der Waals surface area (Å²) in [6.45, 7) is 4.41. The van der Waals surface area contributed by atoms with Gasteiger partial charge in [-0.1, -0.05) is 6.92 Å². The highest BCUT2D eigenvalue weighted by Gasteiger charge is 2.45. The first-order valence-corrected chi connectivity index (χ1v) is 6.92. The minimum atomic E-state index is -0.394. The van der Waals surface area contributed by atoms with Gasteiger partial charge in [0, 0.05) is 26.0 Å². The Morgan fingerprint density at radius 2 is 2.37 bits per heavy atom. The van der Waals surface area contributed by atoms with Gasteiger partial charge in [0.05, 0.1) is 12.6 Å². The Bertz CT molecular complexity index is 457. The molecule has 2 rings (SSSR count).